The van der Waals surface area contributed by atoms with Crippen molar-refractivity contribution in [2.75, 3.05) is 0 Å². The molecule has 0 amide bonds. The third kappa shape index (κ3) is 1.61. The van der Waals surface area contributed by atoms with Crippen LogP contribution in [0.3, 0.4) is 0 Å². The number of aliphatic hydroxyl groups excluding tert-OH is 1. The second kappa shape index (κ2) is 4.51. The molecule has 2 heterocycles. The Morgan fingerprint density at radius 1 is 0.955 bits per heavy atom. The minimum Gasteiger partial charge on any atom is -0.456 e. The van der Waals surface area contributed by atoms with Gasteiger partial charge in [0.2, 0.25) is 5.78 Å². The van der Waals surface area contributed by atoms with Gasteiger partial charge in [-0.15, -0.1) is 0 Å². The summed E-state index contributed by atoms with van der Waals surface area (Å²) in [6.45, 7) is -0.512. The summed E-state index contributed by atoms with van der Waals surface area (Å²) in [4.78, 5) is 36.8. The van der Waals surface area contributed by atoms with Gasteiger partial charge in [0.15, 0.2) is 11.5 Å². The first-order valence-electron chi connectivity index (χ1n) is 7.13. The van der Waals surface area contributed by atoms with Gasteiger partial charge in [-0.1, -0.05) is 0 Å². The van der Waals surface area contributed by atoms with E-state index < -0.39 is 23.8 Å². The summed E-state index contributed by atoms with van der Waals surface area (Å²) < 4.78 is 10.5. The van der Waals surface area contributed by atoms with Crippen LogP contribution in [0, 0.1) is 0 Å². The van der Waals surface area contributed by atoms with Gasteiger partial charge in [0.05, 0.1) is 17.7 Å². The van der Waals surface area contributed by atoms with Crippen molar-refractivity contribution < 1.29 is 23.5 Å². The van der Waals surface area contributed by atoms with E-state index in [0.717, 1.165) is 24.5 Å². The highest BCUT2D eigenvalue weighted by atomic mass is 16.4. The van der Waals surface area contributed by atoms with E-state index in [4.69, 9.17) is 8.83 Å². The Bertz CT molecular complexity index is 883. The number of ketones is 2. The molecule has 0 radical (unpaired) electrons. The van der Waals surface area contributed by atoms with E-state index in [2.05, 4.69) is 0 Å². The average Bonchev–Trinajstić information content (AvgIpc) is 2.91. The topological polar surface area (TPSA) is 97.7 Å². The van der Waals surface area contributed by atoms with Crippen LogP contribution >= 0.6 is 0 Å². The smallest absolute Gasteiger partial charge is 0.336 e. The molecule has 22 heavy (non-hydrogen) atoms. The molecule has 2 aliphatic rings. The molecule has 2 aromatic rings. The zero-order chi connectivity index (χ0) is 15.4. The third-order valence-corrected chi connectivity index (χ3v) is 4.25. The standard InChI is InChI=1S/C16H12O6/c17-6-7-5-10(18)22-15-11(7)13(19)12-8-3-1-2-4-9(8)21-16(12)14(15)20/h5,17H,1-4,6H2. The van der Waals surface area contributed by atoms with Crippen LogP contribution in [-0.4, -0.2) is 16.7 Å². The lowest BCUT2D eigenvalue weighted by Crippen LogP contribution is -2.25. The fraction of sp³-hybridized carbons (Fsp3) is 0.312. The molecule has 112 valence electrons. The monoisotopic (exact) mass is 300 g/mol. The molecule has 6 nitrogen and oxygen atoms in total. The van der Waals surface area contributed by atoms with E-state index in [9.17, 15) is 19.5 Å². The maximum Gasteiger partial charge on any atom is 0.336 e. The Kier molecular flexibility index (Phi) is 2.71. The molecular formula is C16H12O6. The number of furan rings is 1. The summed E-state index contributed by atoms with van der Waals surface area (Å²) in [5.74, 6) is -0.725. The number of rotatable bonds is 1. The number of carbonyl (C=O) groups excluding carboxylic acids is 2. The van der Waals surface area contributed by atoms with Crippen LogP contribution in [0.4, 0.5) is 0 Å². The van der Waals surface area contributed by atoms with Gasteiger partial charge in [-0.25, -0.2) is 4.79 Å². The number of fused-ring (bicyclic) bond motifs is 4. The summed E-state index contributed by atoms with van der Waals surface area (Å²) in [6, 6.07) is 1.04. The number of hydrogen-bond acceptors (Lipinski definition) is 6. The highest BCUT2D eigenvalue weighted by molar-refractivity contribution is 6.27. The fourth-order valence-corrected chi connectivity index (χ4v) is 3.27. The van der Waals surface area contributed by atoms with Gasteiger partial charge in [-0.3, -0.25) is 9.59 Å². The molecule has 0 aliphatic heterocycles. The lowest BCUT2D eigenvalue weighted by molar-refractivity contribution is 0.0928. The van der Waals surface area contributed by atoms with Crippen molar-refractivity contribution in [3.05, 3.63) is 56.0 Å². The number of aryl methyl sites for hydroxylation is 1. The van der Waals surface area contributed by atoms with E-state index in [0.29, 0.717) is 18.6 Å². The van der Waals surface area contributed by atoms with Crippen LogP contribution in [0.25, 0.3) is 0 Å². The summed E-state index contributed by atoms with van der Waals surface area (Å²) >= 11 is 0. The zero-order valence-corrected chi connectivity index (χ0v) is 11.6. The largest absolute Gasteiger partial charge is 0.456 e. The molecule has 6 heteroatoms. The maximum absolute atomic E-state index is 12.8. The molecule has 0 saturated carbocycles. The lowest BCUT2D eigenvalue weighted by Gasteiger charge is -2.15. The molecule has 2 aromatic heterocycles. The van der Waals surface area contributed by atoms with Crippen molar-refractivity contribution in [1.82, 2.24) is 0 Å². The van der Waals surface area contributed by atoms with Gasteiger partial charge < -0.3 is 13.9 Å². The van der Waals surface area contributed by atoms with Gasteiger partial charge in [0.25, 0.3) is 5.78 Å². The Morgan fingerprint density at radius 3 is 2.45 bits per heavy atom. The third-order valence-electron chi connectivity index (χ3n) is 4.25. The summed E-state index contributed by atoms with van der Waals surface area (Å²) in [5.41, 5.74) is 0.370. The molecular weight excluding hydrogens is 288 g/mol. The molecule has 4 rings (SSSR count). The van der Waals surface area contributed by atoms with Crippen molar-refractivity contribution in [3.63, 3.8) is 0 Å². The summed E-state index contributed by atoms with van der Waals surface area (Å²) in [6.07, 6.45) is 3.26. The van der Waals surface area contributed by atoms with E-state index in [-0.39, 0.29) is 28.2 Å². The highest BCUT2D eigenvalue weighted by Crippen LogP contribution is 2.37. The Morgan fingerprint density at radius 2 is 1.68 bits per heavy atom. The van der Waals surface area contributed by atoms with Crippen LogP contribution in [-0.2, 0) is 19.4 Å². The van der Waals surface area contributed by atoms with Crippen molar-refractivity contribution >= 4 is 11.6 Å². The van der Waals surface area contributed by atoms with Gasteiger partial charge in [0.1, 0.15) is 5.76 Å². The Balaban J connectivity index is 2.03. The molecule has 0 aromatic carbocycles. The van der Waals surface area contributed by atoms with Crippen molar-refractivity contribution in [3.8, 4) is 0 Å². The van der Waals surface area contributed by atoms with Crippen LogP contribution in [0.15, 0.2) is 19.7 Å². The van der Waals surface area contributed by atoms with Crippen molar-refractivity contribution in [2.45, 2.75) is 32.3 Å². The normalized spacial score (nSPS) is 16.2. The average molecular weight is 300 g/mol. The first kappa shape index (κ1) is 13.2. The summed E-state index contributed by atoms with van der Waals surface area (Å²) in [5, 5.41) is 9.39. The van der Waals surface area contributed by atoms with Crippen LogP contribution < -0.4 is 5.63 Å². The van der Waals surface area contributed by atoms with E-state index >= 15 is 0 Å². The maximum atomic E-state index is 12.8. The second-order valence-electron chi connectivity index (χ2n) is 5.53. The fourth-order valence-electron chi connectivity index (χ4n) is 3.27. The summed E-state index contributed by atoms with van der Waals surface area (Å²) in [7, 11) is 0. The molecule has 0 fully saturated rings. The number of hydrogen-bond donors (Lipinski definition) is 1. The van der Waals surface area contributed by atoms with Crippen molar-refractivity contribution in [1.29, 1.82) is 0 Å². The van der Waals surface area contributed by atoms with Gasteiger partial charge in [0, 0.05) is 18.1 Å². The first-order valence-corrected chi connectivity index (χ1v) is 7.13. The minimum absolute atomic E-state index is 0.0197. The van der Waals surface area contributed by atoms with Gasteiger partial charge in [-0.2, -0.15) is 0 Å². The second-order valence-corrected chi connectivity index (χ2v) is 5.53. The molecule has 2 aliphatic carbocycles. The molecule has 0 atom stereocenters. The Hall–Kier alpha value is -2.47. The minimum atomic E-state index is -0.774. The van der Waals surface area contributed by atoms with E-state index in [1.54, 1.807) is 0 Å². The predicted molar refractivity (Wildman–Crippen MR) is 73.1 cm³/mol. The highest BCUT2D eigenvalue weighted by Gasteiger charge is 2.40. The zero-order valence-electron chi connectivity index (χ0n) is 11.6. The van der Waals surface area contributed by atoms with Crippen LogP contribution in [0.1, 0.15) is 62.0 Å². The van der Waals surface area contributed by atoms with Crippen molar-refractivity contribution in [2.24, 2.45) is 0 Å². The number of aliphatic hydroxyl groups is 1. The van der Waals surface area contributed by atoms with E-state index in [1.165, 1.54) is 0 Å². The lowest BCUT2D eigenvalue weighted by atomic mass is 9.85. The quantitative estimate of drug-likeness (QED) is 0.729. The molecule has 0 bridgehead atoms. The molecule has 0 saturated heterocycles. The molecule has 0 unspecified atom stereocenters. The number of carbonyl (C=O) groups is 2. The Labute approximate surface area is 124 Å². The SMILES string of the molecule is O=C1c2oc(=O)cc(CO)c2C(=O)c2c1oc1c2CCCC1. The predicted octanol–water partition coefficient (Wildman–Crippen LogP) is 1.38. The first-order chi connectivity index (χ1) is 10.6. The molecule has 1 N–H and O–H groups in total. The van der Waals surface area contributed by atoms with Gasteiger partial charge >= 0.3 is 5.63 Å². The molecule has 0 spiro atoms. The van der Waals surface area contributed by atoms with Crippen LogP contribution in [0.5, 0.6) is 0 Å². The van der Waals surface area contributed by atoms with Gasteiger partial charge in [-0.05, 0) is 24.8 Å². The van der Waals surface area contributed by atoms with Crippen LogP contribution in [0.2, 0.25) is 0 Å². The van der Waals surface area contributed by atoms with E-state index in [1.807, 2.05) is 0 Å².